The van der Waals surface area contributed by atoms with Gasteiger partial charge in [0, 0.05) is 6.04 Å². The zero-order chi connectivity index (χ0) is 20.2. The molecule has 2 saturated carbocycles. The van der Waals surface area contributed by atoms with E-state index in [0.717, 1.165) is 24.2 Å². The smallest absolute Gasteiger partial charge is 0.411 e. The van der Waals surface area contributed by atoms with Gasteiger partial charge in [0.05, 0.1) is 12.2 Å². The van der Waals surface area contributed by atoms with Gasteiger partial charge in [-0.15, -0.1) is 0 Å². The predicted octanol–water partition coefficient (Wildman–Crippen LogP) is 6.10. The standard InChI is InChI=1S/C25H44N2O2/c1-18(2)23-17-29-25(28)27(23)24-15-9-14-21(26-24)16-22(19-10-5-3-6-11-19)20-12-7-4-8-13-20/h18-24,26H,3-17H2,1-2H3/t21-,23-,24?/m0/s1. The first-order valence-corrected chi connectivity index (χ1v) is 12.8. The Bertz CT molecular complexity index is 507. The Kier molecular flexibility index (Phi) is 7.42. The van der Waals surface area contributed by atoms with Gasteiger partial charge in [-0.1, -0.05) is 78.1 Å². The zero-order valence-electron chi connectivity index (χ0n) is 18.9. The molecule has 2 aliphatic carbocycles. The summed E-state index contributed by atoms with van der Waals surface area (Å²) in [6.45, 7) is 4.98. The summed E-state index contributed by atoms with van der Waals surface area (Å²) in [6.07, 6.45) is 19.5. The Hall–Kier alpha value is -0.770. The second kappa shape index (κ2) is 10.0. The van der Waals surface area contributed by atoms with Gasteiger partial charge in [0.2, 0.25) is 0 Å². The molecule has 2 saturated heterocycles. The molecule has 0 spiro atoms. The summed E-state index contributed by atoms with van der Waals surface area (Å²) in [6, 6.07) is 0.801. The first-order chi connectivity index (χ1) is 14.1. The van der Waals surface area contributed by atoms with Gasteiger partial charge in [-0.3, -0.25) is 10.2 Å². The van der Waals surface area contributed by atoms with Crippen molar-refractivity contribution in [1.82, 2.24) is 10.2 Å². The number of hydrogen-bond donors (Lipinski definition) is 1. The van der Waals surface area contributed by atoms with Crippen LogP contribution in [-0.2, 0) is 4.74 Å². The van der Waals surface area contributed by atoms with Crippen LogP contribution in [0.15, 0.2) is 0 Å². The molecule has 4 fully saturated rings. The van der Waals surface area contributed by atoms with Crippen molar-refractivity contribution in [3.63, 3.8) is 0 Å². The van der Waals surface area contributed by atoms with E-state index in [1.54, 1.807) is 0 Å². The van der Waals surface area contributed by atoms with E-state index in [1.807, 2.05) is 4.90 Å². The van der Waals surface area contributed by atoms with Crippen molar-refractivity contribution < 1.29 is 9.53 Å². The number of carbonyl (C=O) groups is 1. The zero-order valence-corrected chi connectivity index (χ0v) is 18.9. The maximum Gasteiger partial charge on any atom is 0.411 e. The molecule has 4 rings (SSSR count). The summed E-state index contributed by atoms with van der Waals surface area (Å²) >= 11 is 0. The minimum absolute atomic E-state index is 0.0991. The molecule has 4 aliphatic rings. The van der Waals surface area contributed by atoms with E-state index in [-0.39, 0.29) is 18.3 Å². The molecule has 0 aromatic rings. The number of piperidine rings is 1. The molecule has 166 valence electrons. The molecule has 0 aromatic heterocycles. The van der Waals surface area contributed by atoms with Gasteiger partial charge in [0.1, 0.15) is 6.61 Å². The van der Waals surface area contributed by atoms with Crippen LogP contribution < -0.4 is 5.32 Å². The van der Waals surface area contributed by atoms with E-state index in [4.69, 9.17) is 4.74 Å². The second-order valence-corrected chi connectivity index (χ2v) is 10.8. The van der Waals surface area contributed by atoms with Gasteiger partial charge in [-0.2, -0.15) is 0 Å². The highest BCUT2D eigenvalue weighted by atomic mass is 16.6. The van der Waals surface area contributed by atoms with E-state index >= 15 is 0 Å². The highest BCUT2D eigenvalue weighted by molar-refractivity contribution is 5.70. The molecule has 0 bridgehead atoms. The fourth-order valence-corrected chi connectivity index (χ4v) is 6.94. The van der Waals surface area contributed by atoms with Gasteiger partial charge in [-0.25, -0.2) is 4.79 Å². The third-order valence-corrected chi connectivity index (χ3v) is 8.58. The lowest BCUT2D eigenvalue weighted by Crippen LogP contribution is -2.56. The molecule has 3 atom stereocenters. The van der Waals surface area contributed by atoms with Gasteiger partial charge in [0.25, 0.3) is 0 Å². The Balaban J connectivity index is 1.42. The first-order valence-electron chi connectivity index (χ1n) is 12.8. The quantitative estimate of drug-likeness (QED) is 0.582. The van der Waals surface area contributed by atoms with Gasteiger partial charge in [-0.05, 0) is 49.4 Å². The van der Waals surface area contributed by atoms with E-state index in [2.05, 4.69) is 19.2 Å². The average Bonchev–Trinajstić information content (AvgIpc) is 3.15. The lowest BCUT2D eigenvalue weighted by molar-refractivity contribution is 0.0777. The minimum atomic E-state index is -0.0991. The van der Waals surface area contributed by atoms with Crippen LogP contribution in [0.2, 0.25) is 0 Å². The Morgan fingerprint density at radius 2 is 1.52 bits per heavy atom. The third kappa shape index (κ3) is 5.11. The maximum absolute atomic E-state index is 12.5. The molecule has 0 radical (unpaired) electrons. The fraction of sp³-hybridized carbons (Fsp3) is 0.960. The van der Waals surface area contributed by atoms with Crippen LogP contribution in [0.25, 0.3) is 0 Å². The van der Waals surface area contributed by atoms with Crippen LogP contribution in [-0.4, -0.2) is 35.8 Å². The van der Waals surface area contributed by atoms with Crippen LogP contribution in [0.1, 0.15) is 104 Å². The van der Waals surface area contributed by atoms with Gasteiger partial charge in [0.15, 0.2) is 0 Å². The SMILES string of the molecule is CC(C)[C@@H]1COC(=O)N1C1CCC[C@@H](CC(C2CCCCC2)C2CCCCC2)N1. The van der Waals surface area contributed by atoms with Crippen LogP contribution >= 0.6 is 0 Å². The molecular weight excluding hydrogens is 360 g/mol. The number of nitrogens with zero attached hydrogens (tertiary/aromatic N) is 1. The Morgan fingerprint density at radius 1 is 0.897 bits per heavy atom. The van der Waals surface area contributed by atoms with Crippen LogP contribution in [0.5, 0.6) is 0 Å². The Morgan fingerprint density at radius 3 is 2.10 bits per heavy atom. The summed E-state index contributed by atoms with van der Waals surface area (Å²) < 4.78 is 5.45. The van der Waals surface area contributed by atoms with Crippen LogP contribution in [0.4, 0.5) is 4.79 Å². The number of cyclic esters (lactones) is 1. The number of carbonyl (C=O) groups excluding carboxylic acids is 1. The summed E-state index contributed by atoms with van der Waals surface area (Å²) in [7, 11) is 0. The molecule has 4 heteroatoms. The van der Waals surface area contributed by atoms with Crippen molar-refractivity contribution in [2.75, 3.05) is 6.61 Å². The van der Waals surface area contributed by atoms with Crippen LogP contribution in [0.3, 0.4) is 0 Å². The predicted molar refractivity (Wildman–Crippen MR) is 118 cm³/mol. The van der Waals surface area contributed by atoms with Crippen molar-refractivity contribution in [1.29, 1.82) is 0 Å². The van der Waals surface area contributed by atoms with E-state index in [1.165, 1.54) is 83.5 Å². The molecule has 2 aliphatic heterocycles. The van der Waals surface area contributed by atoms with Gasteiger partial charge < -0.3 is 4.74 Å². The van der Waals surface area contributed by atoms with Gasteiger partial charge >= 0.3 is 6.09 Å². The monoisotopic (exact) mass is 404 g/mol. The highest BCUT2D eigenvalue weighted by Crippen LogP contribution is 2.43. The Labute approximate surface area is 178 Å². The van der Waals surface area contributed by atoms with Crippen molar-refractivity contribution in [3.05, 3.63) is 0 Å². The number of hydrogen-bond acceptors (Lipinski definition) is 3. The third-order valence-electron chi connectivity index (χ3n) is 8.58. The summed E-state index contributed by atoms with van der Waals surface area (Å²) in [5.41, 5.74) is 0. The van der Waals surface area contributed by atoms with Crippen molar-refractivity contribution >= 4 is 6.09 Å². The van der Waals surface area contributed by atoms with Crippen molar-refractivity contribution in [3.8, 4) is 0 Å². The largest absolute Gasteiger partial charge is 0.447 e. The normalized spacial score (nSPS) is 32.9. The lowest BCUT2D eigenvalue weighted by atomic mass is 9.67. The second-order valence-electron chi connectivity index (χ2n) is 10.8. The van der Waals surface area contributed by atoms with E-state index in [0.29, 0.717) is 18.6 Å². The van der Waals surface area contributed by atoms with E-state index in [9.17, 15) is 4.79 Å². The number of ether oxygens (including phenoxy) is 1. The average molecular weight is 405 g/mol. The fourth-order valence-electron chi connectivity index (χ4n) is 6.94. The topological polar surface area (TPSA) is 41.6 Å². The molecule has 1 amide bonds. The molecule has 1 unspecified atom stereocenters. The summed E-state index contributed by atoms with van der Waals surface area (Å²) in [4.78, 5) is 14.5. The minimum Gasteiger partial charge on any atom is -0.447 e. The molecular formula is C25H44N2O2. The van der Waals surface area contributed by atoms with Crippen molar-refractivity contribution in [2.24, 2.45) is 23.7 Å². The molecule has 1 N–H and O–H groups in total. The van der Waals surface area contributed by atoms with Crippen LogP contribution in [0, 0.1) is 23.7 Å². The number of amides is 1. The molecule has 0 aromatic carbocycles. The maximum atomic E-state index is 12.5. The molecule has 2 heterocycles. The summed E-state index contributed by atoms with van der Waals surface area (Å²) in [5.74, 6) is 3.25. The summed E-state index contributed by atoms with van der Waals surface area (Å²) in [5, 5.41) is 3.94. The lowest BCUT2D eigenvalue weighted by Gasteiger charge is -2.43. The van der Waals surface area contributed by atoms with E-state index < -0.39 is 0 Å². The molecule has 29 heavy (non-hydrogen) atoms. The number of rotatable bonds is 6. The highest BCUT2D eigenvalue weighted by Gasteiger charge is 2.42. The number of nitrogens with one attached hydrogen (secondary N) is 1. The first kappa shape index (κ1) is 21.5. The van der Waals surface area contributed by atoms with Crippen molar-refractivity contribution in [2.45, 2.75) is 122 Å². The molecule has 4 nitrogen and oxygen atoms in total.